The molecule has 184 valence electrons. The summed E-state index contributed by atoms with van der Waals surface area (Å²) >= 11 is 0. The average Bonchev–Trinajstić information content (AvgIpc) is 3.42. The maximum atomic E-state index is 12.8. The SMILES string of the molecule is N[C@](Cc1ccc2c(c1)Cc1ccccc1-2)(NC(=O)OCC1c2ccccc2-c2ccccc21)C(=O)O. The molecule has 0 saturated heterocycles. The number of alkyl carbamates (subject to hydrolysis) is 1. The van der Waals surface area contributed by atoms with Crippen LogP contribution in [0.1, 0.15) is 33.7 Å². The number of ether oxygens (including phenoxy) is 1. The highest BCUT2D eigenvalue weighted by Gasteiger charge is 2.38. The number of carboxylic acid groups (broad SMARTS) is 1. The maximum Gasteiger partial charge on any atom is 0.409 e. The van der Waals surface area contributed by atoms with Crippen LogP contribution >= 0.6 is 0 Å². The smallest absolute Gasteiger partial charge is 0.409 e. The average molecular weight is 491 g/mol. The molecule has 2 aliphatic carbocycles. The Morgan fingerprint density at radius 3 is 2.11 bits per heavy atom. The second-order valence-corrected chi connectivity index (χ2v) is 9.73. The van der Waals surface area contributed by atoms with Crippen molar-refractivity contribution >= 4 is 12.1 Å². The minimum absolute atomic E-state index is 0.0733. The van der Waals surface area contributed by atoms with E-state index >= 15 is 0 Å². The Balaban J connectivity index is 1.16. The number of rotatable bonds is 6. The molecule has 1 atom stereocenters. The number of carbonyl (C=O) groups excluding carboxylic acids is 1. The molecule has 37 heavy (non-hydrogen) atoms. The molecule has 0 unspecified atom stereocenters. The number of benzene rings is 4. The maximum absolute atomic E-state index is 12.8. The lowest BCUT2D eigenvalue weighted by atomic mass is 9.96. The Kier molecular flexibility index (Phi) is 5.54. The second-order valence-electron chi connectivity index (χ2n) is 9.73. The Morgan fingerprint density at radius 1 is 0.838 bits per heavy atom. The highest BCUT2D eigenvalue weighted by atomic mass is 16.5. The van der Waals surface area contributed by atoms with Crippen LogP contribution in [0.5, 0.6) is 0 Å². The van der Waals surface area contributed by atoms with Crippen LogP contribution in [0.2, 0.25) is 0 Å². The van der Waals surface area contributed by atoms with Gasteiger partial charge in [-0.3, -0.25) is 11.1 Å². The second kappa shape index (κ2) is 8.91. The van der Waals surface area contributed by atoms with Crippen molar-refractivity contribution in [2.75, 3.05) is 6.61 Å². The highest BCUT2D eigenvalue weighted by Crippen LogP contribution is 2.44. The minimum Gasteiger partial charge on any atom is -0.478 e. The molecule has 0 spiro atoms. The molecule has 0 heterocycles. The summed E-state index contributed by atoms with van der Waals surface area (Å²) in [7, 11) is 0. The molecule has 0 saturated carbocycles. The van der Waals surface area contributed by atoms with Crippen LogP contribution in [0.25, 0.3) is 22.3 Å². The van der Waals surface area contributed by atoms with E-state index in [0.717, 1.165) is 45.4 Å². The van der Waals surface area contributed by atoms with Gasteiger partial charge in [-0.2, -0.15) is 0 Å². The molecule has 4 aromatic rings. The van der Waals surface area contributed by atoms with E-state index in [1.807, 2.05) is 66.7 Å². The predicted molar refractivity (Wildman–Crippen MR) is 141 cm³/mol. The minimum atomic E-state index is -2.01. The zero-order chi connectivity index (χ0) is 25.6. The van der Waals surface area contributed by atoms with E-state index in [1.165, 1.54) is 11.1 Å². The number of hydrogen-bond acceptors (Lipinski definition) is 4. The molecule has 4 aromatic carbocycles. The molecule has 1 amide bonds. The van der Waals surface area contributed by atoms with Crippen molar-refractivity contribution in [3.05, 3.63) is 119 Å². The summed E-state index contributed by atoms with van der Waals surface area (Å²) in [5, 5.41) is 12.3. The molecule has 6 heteroatoms. The lowest BCUT2D eigenvalue weighted by molar-refractivity contribution is -0.144. The first kappa shape index (κ1) is 23.0. The molecular formula is C31H26N2O4. The van der Waals surface area contributed by atoms with Crippen LogP contribution in [0.3, 0.4) is 0 Å². The normalized spacial score (nSPS) is 14.6. The summed E-state index contributed by atoms with van der Waals surface area (Å²) in [6, 6.07) is 30.1. The van der Waals surface area contributed by atoms with Crippen LogP contribution in [0.4, 0.5) is 4.79 Å². The van der Waals surface area contributed by atoms with Crippen molar-refractivity contribution in [3.63, 3.8) is 0 Å². The van der Waals surface area contributed by atoms with Crippen LogP contribution in [0, 0.1) is 0 Å². The monoisotopic (exact) mass is 490 g/mol. The first-order valence-electron chi connectivity index (χ1n) is 12.3. The predicted octanol–water partition coefficient (Wildman–Crippen LogP) is 5.08. The van der Waals surface area contributed by atoms with Gasteiger partial charge in [0.05, 0.1) is 0 Å². The van der Waals surface area contributed by atoms with Gasteiger partial charge >= 0.3 is 12.1 Å². The molecule has 6 nitrogen and oxygen atoms in total. The topological polar surface area (TPSA) is 102 Å². The lowest BCUT2D eigenvalue weighted by Gasteiger charge is -2.26. The van der Waals surface area contributed by atoms with E-state index in [9.17, 15) is 14.7 Å². The Morgan fingerprint density at radius 2 is 1.43 bits per heavy atom. The molecule has 0 aromatic heterocycles. The van der Waals surface area contributed by atoms with Gasteiger partial charge in [0, 0.05) is 12.3 Å². The van der Waals surface area contributed by atoms with Gasteiger partial charge in [0.15, 0.2) is 5.66 Å². The van der Waals surface area contributed by atoms with Crippen molar-refractivity contribution in [1.29, 1.82) is 0 Å². The third kappa shape index (κ3) is 4.05. The van der Waals surface area contributed by atoms with E-state index < -0.39 is 17.7 Å². The van der Waals surface area contributed by atoms with Crippen LogP contribution in [-0.4, -0.2) is 29.4 Å². The van der Waals surface area contributed by atoms with Crippen molar-refractivity contribution in [1.82, 2.24) is 5.32 Å². The highest BCUT2D eigenvalue weighted by molar-refractivity contribution is 5.84. The molecular weight excluding hydrogens is 464 g/mol. The number of carbonyl (C=O) groups is 2. The van der Waals surface area contributed by atoms with E-state index in [4.69, 9.17) is 10.5 Å². The van der Waals surface area contributed by atoms with Crippen LogP contribution in [0.15, 0.2) is 91.0 Å². The lowest BCUT2D eigenvalue weighted by Crippen LogP contribution is -2.63. The molecule has 0 radical (unpaired) electrons. The van der Waals surface area contributed by atoms with Gasteiger partial charge in [-0.15, -0.1) is 0 Å². The van der Waals surface area contributed by atoms with Crippen molar-refractivity contribution in [3.8, 4) is 22.3 Å². The third-order valence-electron chi connectivity index (χ3n) is 7.39. The fourth-order valence-electron chi connectivity index (χ4n) is 5.62. The molecule has 2 aliphatic rings. The third-order valence-corrected chi connectivity index (χ3v) is 7.39. The van der Waals surface area contributed by atoms with Gasteiger partial charge in [0.1, 0.15) is 6.61 Å². The van der Waals surface area contributed by atoms with Crippen LogP contribution in [-0.2, 0) is 22.4 Å². The van der Waals surface area contributed by atoms with Crippen molar-refractivity contribution < 1.29 is 19.4 Å². The Labute approximate surface area is 214 Å². The zero-order valence-corrected chi connectivity index (χ0v) is 20.1. The summed E-state index contributed by atoms with van der Waals surface area (Å²) in [6.07, 6.45) is -0.153. The Hall–Kier alpha value is -4.42. The van der Waals surface area contributed by atoms with Gasteiger partial charge in [-0.1, -0.05) is 91.0 Å². The number of aliphatic carboxylic acids is 1. The van der Waals surface area contributed by atoms with Gasteiger partial charge in [-0.05, 0) is 56.5 Å². The molecule has 6 rings (SSSR count). The fourth-order valence-corrected chi connectivity index (χ4v) is 5.62. The van der Waals surface area contributed by atoms with E-state index in [1.54, 1.807) is 0 Å². The summed E-state index contributed by atoms with van der Waals surface area (Å²) in [4.78, 5) is 25.0. The van der Waals surface area contributed by atoms with Crippen molar-refractivity contribution in [2.24, 2.45) is 5.73 Å². The standard InChI is InChI=1S/C31H26N2O4/c32-31(29(34)35,17-19-13-14-23-21(15-19)16-20-7-1-2-8-22(20)23)33-30(36)37-18-28-26-11-5-3-9-24(26)25-10-4-6-12-27(25)28/h1-15,28H,16-18,32H2,(H,33,36)(H,34,35)/t31-/m1/s1. The number of nitrogens with one attached hydrogen (secondary N) is 1. The summed E-state index contributed by atoms with van der Waals surface area (Å²) in [5.41, 5.74) is 14.0. The fraction of sp³-hybridized carbons (Fsp3) is 0.161. The molecule has 0 fully saturated rings. The van der Waals surface area contributed by atoms with Crippen molar-refractivity contribution in [2.45, 2.75) is 24.4 Å². The molecule has 0 bridgehead atoms. The van der Waals surface area contributed by atoms with Gasteiger partial charge in [0.25, 0.3) is 0 Å². The number of hydrogen-bond donors (Lipinski definition) is 3. The number of carboxylic acids is 1. The number of amides is 1. The van der Waals surface area contributed by atoms with Crippen LogP contribution < -0.4 is 11.1 Å². The molecule has 4 N–H and O–H groups in total. The summed E-state index contributed by atoms with van der Waals surface area (Å²) in [6.45, 7) is 0.0761. The number of fused-ring (bicyclic) bond motifs is 6. The molecule has 0 aliphatic heterocycles. The number of nitrogens with two attached hydrogens (primary N) is 1. The first-order valence-corrected chi connectivity index (χ1v) is 12.3. The zero-order valence-electron chi connectivity index (χ0n) is 20.1. The quantitative estimate of drug-likeness (QED) is 0.288. The summed E-state index contributed by atoms with van der Waals surface area (Å²) in [5.74, 6) is -1.46. The van der Waals surface area contributed by atoms with Gasteiger partial charge < -0.3 is 9.84 Å². The van der Waals surface area contributed by atoms with E-state index in [0.29, 0.717) is 0 Å². The van der Waals surface area contributed by atoms with E-state index in [2.05, 4.69) is 29.6 Å². The first-order chi connectivity index (χ1) is 17.9. The van der Waals surface area contributed by atoms with Gasteiger partial charge in [0.2, 0.25) is 0 Å². The Bertz CT molecular complexity index is 1500. The summed E-state index contributed by atoms with van der Waals surface area (Å²) < 4.78 is 5.55. The van der Waals surface area contributed by atoms with E-state index in [-0.39, 0.29) is 18.9 Å². The largest absolute Gasteiger partial charge is 0.478 e. The van der Waals surface area contributed by atoms with Gasteiger partial charge in [-0.25, -0.2) is 9.59 Å².